The topological polar surface area (TPSA) is 83.2 Å². The number of aromatic nitrogens is 3. The lowest BCUT2D eigenvalue weighted by Gasteiger charge is -2.08. The molecule has 0 aliphatic heterocycles. The maximum atomic E-state index is 5.90. The van der Waals surface area contributed by atoms with Crippen LogP contribution in [0.25, 0.3) is 0 Å². The fourth-order valence-corrected chi connectivity index (χ4v) is 2.09. The monoisotopic (exact) mass is 386 g/mol. The van der Waals surface area contributed by atoms with Gasteiger partial charge in [-0.2, -0.15) is 0 Å². The van der Waals surface area contributed by atoms with Gasteiger partial charge in [0.2, 0.25) is 5.88 Å². The van der Waals surface area contributed by atoms with Crippen LogP contribution in [-0.4, -0.2) is 29.2 Å². The van der Waals surface area contributed by atoms with Crippen molar-refractivity contribution in [3.63, 3.8) is 0 Å². The SMILES string of the molecule is COCc1nc(Cc2ccc(OC)nc2)nc(N)c1I. The van der Waals surface area contributed by atoms with E-state index in [1.807, 2.05) is 6.07 Å². The summed E-state index contributed by atoms with van der Waals surface area (Å²) in [6.07, 6.45) is 2.31. The van der Waals surface area contributed by atoms with E-state index in [4.69, 9.17) is 15.2 Å². The van der Waals surface area contributed by atoms with Crippen molar-refractivity contribution in [1.82, 2.24) is 15.0 Å². The summed E-state index contributed by atoms with van der Waals surface area (Å²) >= 11 is 2.13. The predicted molar refractivity (Wildman–Crippen MR) is 83.5 cm³/mol. The number of halogens is 1. The van der Waals surface area contributed by atoms with Crippen LogP contribution >= 0.6 is 22.6 Å². The summed E-state index contributed by atoms with van der Waals surface area (Å²) in [4.78, 5) is 12.9. The highest BCUT2D eigenvalue weighted by Gasteiger charge is 2.10. The third kappa shape index (κ3) is 3.54. The van der Waals surface area contributed by atoms with Crippen LogP contribution in [0.2, 0.25) is 0 Å². The number of nitrogens with zero attached hydrogens (tertiary/aromatic N) is 3. The minimum Gasteiger partial charge on any atom is -0.481 e. The minimum atomic E-state index is 0.416. The van der Waals surface area contributed by atoms with Gasteiger partial charge in [0, 0.05) is 25.8 Å². The molecular formula is C13H15IN4O2. The Bertz CT molecular complexity index is 590. The fourth-order valence-electron chi connectivity index (χ4n) is 1.70. The smallest absolute Gasteiger partial charge is 0.212 e. The van der Waals surface area contributed by atoms with Crippen LogP contribution in [0.5, 0.6) is 5.88 Å². The quantitative estimate of drug-likeness (QED) is 0.790. The Morgan fingerprint density at radius 1 is 1.25 bits per heavy atom. The highest BCUT2D eigenvalue weighted by Crippen LogP contribution is 2.18. The molecule has 0 aliphatic rings. The van der Waals surface area contributed by atoms with Crippen LogP contribution in [0.4, 0.5) is 5.82 Å². The van der Waals surface area contributed by atoms with Gasteiger partial charge >= 0.3 is 0 Å². The molecule has 0 saturated carbocycles. The summed E-state index contributed by atoms with van der Waals surface area (Å²) in [6.45, 7) is 0.416. The molecule has 0 aromatic carbocycles. The Kier molecular flexibility index (Phi) is 5.07. The average Bonchev–Trinajstić information content (AvgIpc) is 2.45. The van der Waals surface area contributed by atoms with Crippen molar-refractivity contribution in [3.8, 4) is 5.88 Å². The highest BCUT2D eigenvalue weighted by atomic mass is 127. The minimum absolute atomic E-state index is 0.416. The summed E-state index contributed by atoms with van der Waals surface area (Å²) in [7, 11) is 3.21. The van der Waals surface area contributed by atoms with Gasteiger partial charge < -0.3 is 15.2 Å². The van der Waals surface area contributed by atoms with E-state index in [0.29, 0.717) is 30.5 Å². The molecule has 0 saturated heterocycles. The molecule has 2 N–H and O–H groups in total. The molecule has 2 rings (SSSR count). The van der Waals surface area contributed by atoms with Gasteiger partial charge in [0.15, 0.2) is 0 Å². The van der Waals surface area contributed by atoms with Gasteiger partial charge in [0.25, 0.3) is 0 Å². The zero-order valence-corrected chi connectivity index (χ0v) is 13.4. The van der Waals surface area contributed by atoms with Gasteiger partial charge in [-0.15, -0.1) is 0 Å². The largest absolute Gasteiger partial charge is 0.481 e. The number of nitrogen functional groups attached to an aromatic ring is 1. The van der Waals surface area contributed by atoms with Gasteiger partial charge in [0.1, 0.15) is 11.6 Å². The second-order valence-electron chi connectivity index (χ2n) is 4.10. The second kappa shape index (κ2) is 6.80. The van der Waals surface area contributed by atoms with Crippen LogP contribution in [0, 0.1) is 3.57 Å². The number of rotatable bonds is 5. The van der Waals surface area contributed by atoms with Gasteiger partial charge in [-0.05, 0) is 28.2 Å². The van der Waals surface area contributed by atoms with Crippen molar-refractivity contribution >= 4 is 28.4 Å². The number of pyridine rings is 1. The van der Waals surface area contributed by atoms with E-state index in [2.05, 4.69) is 37.5 Å². The van der Waals surface area contributed by atoms with Crippen molar-refractivity contribution in [1.29, 1.82) is 0 Å². The first-order chi connectivity index (χ1) is 9.63. The predicted octanol–water partition coefficient (Wildman–Crippen LogP) is 1.80. The van der Waals surface area contributed by atoms with E-state index in [-0.39, 0.29) is 0 Å². The molecule has 2 aromatic rings. The van der Waals surface area contributed by atoms with Crippen LogP contribution in [-0.2, 0) is 17.8 Å². The van der Waals surface area contributed by atoms with E-state index in [9.17, 15) is 0 Å². The lowest BCUT2D eigenvalue weighted by molar-refractivity contribution is 0.180. The zero-order chi connectivity index (χ0) is 14.5. The van der Waals surface area contributed by atoms with E-state index in [1.165, 1.54) is 0 Å². The van der Waals surface area contributed by atoms with Gasteiger partial charge in [-0.3, -0.25) is 0 Å². The van der Waals surface area contributed by atoms with Gasteiger partial charge in [-0.1, -0.05) is 6.07 Å². The molecule has 0 atom stereocenters. The van der Waals surface area contributed by atoms with Crippen LogP contribution in [0.1, 0.15) is 17.1 Å². The Morgan fingerprint density at radius 2 is 2.05 bits per heavy atom. The molecule has 0 radical (unpaired) electrons. The number of nitrogens with two attached hydrogens (primary N) is 1. The van der Waals surface area contributed by atoms with Crippen molar-refractivity contribution in [3.05, 3.63) is 39.0 Å². The lowest BCUT2D eigenvalue weighted by Crippen LogP contribution is -2.08. The molecule has 0 spiro atoms. The number of ether oxygens (including phenoxy) is 2. The molecule has 6 nitrogen and oxygen atoms in total. The third-order valence-electron chi connectivity index (χ3n) is 2.64. The maximum Gasteiger partial charge on any atom is 0.212 e. The number of hydrogen-bond donors (Lipinski definition) is 1. The molecule has 2 heterocycles. The maximum absolute atomic E-state index is 5.90. The molecule has 0 unspecified atom stereocenters. The molecule has 2 aromatic heterocycles. The Hall–Kier alpha value is -1.48. The normalized spacial score (nSPS) is 10.6. The van der Waals surface area contributed by atoms with Crippen molar-refractivity contribution in [2.45, 2.75) is 13.0 Å². The van der Waals surface area contributed by atoms with E-state index < -0.39 is 0 Å². The first kappa shape index (κ1) is 14.9. The summed E-state index contributed by atoms with van der Waals surface area (Å²) < 4.78 is 11.0. The zero-order valence-electron chi connectivity index (χ0n) is 11.3. The first-order valence-corrected chi connectivity index (χ1v) is 7.00. The summed E-state index contributed by atoms with van der Waals surface area (Å²) in [6, 6.07) is 3.74. The van der Waals surface area contributed by atoms with Crippen molar-refractivity contribution in [2.24, 2.45) is 0 Å². The fraction of sp³-hybridized carbons (Fsp3) is 0.308. The first-order valence-electron chi connectivity index (χ1n) is 5.92. The number of hydrogen-bond acceptors (Lipinski definition) is 6. The summed E-state index contributed by atoms with van der Waals surface area (Å²) in [5, 5.41) is 0. The second-order valence-corrected chi connectivity index (χ2v) is 5.18. The summed E-state index contributed by atoms with van der Waals surface area (Å²) in [5.41, 5.74) is 7.70. The summed E-state index contributed by atoms with van der Waals surface area (Å²) in [5.74, 6) is 1.71. The number of anilines is 1. The molecule has 0 fully saturated rings. The van der Waals surface area contributed by atoms with E-state index >= 15 is 0 Å². The van der Waals surface area contributed by atoms with Gasteiger partial charge in [0.05, 0.1) is 23.0 Å². The van der Waals surface area contributed by atoms with Crippen molar-refractivity contribution < 1.29 is 9.47 Å². The average molecular weight is 386 g/mol. The Morgan fingerprint density at radius 3 is 2.65 bits per heavy atom. The van der Waals surface area contributed by atoms with Crippen LogP contribution in [0.3, 0.4) is 0 Å². The molecule has 106 valence electrons. The third-order valence-corrected chi connectivity index (χ3v) is 3.82. The molecule has 7 heteroatoms. The number of methoxy groups -OCH3 is 2. The molecule has 0 bridgehead atoms. The standard InChI is InChI=1S/C13H15IN4O2/c1-19-7-9-12(14)13(15)18-10(17-9)5-8-3-4-11(20-2)16-6-8/h3-4,6H,5,7H2,1-2H3,(H2,15,17,18). The lowest BCUT2D eigenvalue weighted by atomic mass is 10.2. The highest BCUT2D eigenvalue weighted by molar-refractivity contribution is 14.1. The van der Waals surface area contributed by atoms with E-state index in [0.717, 1.165) is 14.8 Å². The Labute approximate surface area is 130 Å². The Balaban J connectivity index is 2.23. The molecule has 20 heavy (non-hydrogen) atoms. The molecule has 0 aliphatic carbocycles. The molecule has 0 amide bonds. The molecular weight excluding hydrogens is 371 g/mol. The van der Waals surface area contributed by atoms with Crippen molar-refractivity contribution in [2.75, 3.05) is 20.0 Å². The van der Waals surface area contributed by atoms with Crippen LogP contribution in [0.15, 0.2) is 18.3 Å². The van der Waals surface area contributed by atoms with Gasteiger partial charge in [-0.25, -0.2) is 15.0 Å². The van der Waals surface area contributed by atoms with E-state index in [1.54, 1.807) is 26.5 Å². The van der Waals surface area contributed by atoms with Crippen LogP contribution < -0.4 is 10.5 Å².